The van der Waals surface area contributed by atoms with Crippen molar-refractivity contribution in [2.24, 2.45) is 0 Å². The van der Waals surface area contributed by atoms with Gasteiger partial charge in [0.25, 0.3) is 5.91 Å². The Morgan fingerprint density at radius 3 is 2.70 bits per heavy atom. The maximum Gasteiger partial charge on any atom is 0.325 e. The second-order valence-corrected chi connectivity index (χ2v) is 4.41. The number of esters is 1. The highest BCUT2D eigenvalue weighted by atomic mass is 19.1. The van der Waals surface area contributed by atoms with Crippen molar-refractivity contribution in [3.05, 3.63) is 35.3 Å². The second-order valence-electron chi connectivity index (χ2n) is 4.41. The molecule has 0 radical (unpaired) electrons. The third kappa shape index (κ3) is 2.36. The first kappa shape index (κ1) is 14.0. The number of halogens is 1. The summed E-state index contributed by atoms with van der Waals surface area (Å²) in [6.45, 7) is 1.47. The molecule has 1 heterocycles. The lowest BCUT2D eigenvalue weighted by atomic mass is 10.1. The first-order valence-electron chi connectivity index (χ1n) is 5.95. The van der Waals surface area contributed by atoms with E-state index in [-0.39, 0.29) is 17.9 Å². The molecule has 0 N–H and O–H groups in total. The number of fused-ring (bicyclic) bond motifs is 1. The number of aryl methyl sites for hydroxylation is 1. The van der Waals surface area contributed by atoms with Crippen molar-refractivity contribution in [1.29, 1.82) is 0 Å². The van der Waals surface area contributed by atoms with Crippen LogP contribution in [0.4, 0.5) is 4.39 Å². The minimum absolute atomic E-state index is 0.0245. The molecule has 0 fully saturated rings. The fourth-order valence-corrected chi connectivity index (χ4v) is 1.92. The van der Waals surface area contributed by atoms with Crippen molar-refractivity contribution in [3.8, 4) is 0 Å². The smallest absolute Gasteiger partial charge is 0.325 e. The van der Waals surface area contributed by atoms with Gasteiger partial charge in [-0.25, -0.2) is 4.39 Å². The number of likely N-dealkylation sites (N-methyl/N-ethyl adjacent to an activating group) is 1. The fraction of sp³-hybridized carbons (Fsp3) is 0.286. The molecule has 0 aliphatic rings. The van der Waals surface area contributed by atoms with Crippen LogP contribution in [0.1, 0.15) is 16.1 Å². The maximum atomic E-state index is 13.6. The van der Waals surface area contributed by atoms with E-state index in [0.717, 1.165) is 4.90 Å². The van der Waals surface area contributed by atoms with E-state index in [2.05, 4.69) is 4.74 Å². The van der Waals surface area contributed by atoms with Crippen molar-refractivity contribution in [1.82, 2.24) is 4.90 Å². The van der Waals surface area contributed by atoms with Gasteiger partial charge in [-0.15, -0.1) is 0 Å². The standard InChI is InChI=1S/C14H14FNO4/c1-8-9-5-4-6-10(15)13(9)20-12(8)14(18)16(2)7-11(17)19-3/h4-6H,7H2,1-3H3. The largest absolute Gasteiger partial charge is 0.468 e. The molecular weight excluding hydrogens is 265 g/mol. The van der Waals surface area contributed by atoms with Crippen LogP contribution in [-0.2, 0) is 9.53 Å². The SMILES string of the molecule is COC(=O)CN(C)C(=O)c1oc2c(F)cccc2c1C. The molecule has 1 aromatic heterocycles. The maximum absolute atomic E-state index is 13.6. The van der Waals surface area contributed by atoms with E-state index in [1.807, 2.05) is 0 Å². The topological polar surface area (TPSA) is 59.8 Å². The molecule has 0 saturated heterocycles. The monoisotopic (exact) mass is 279 g/mol. The Labute approximate surface area is 114 Å². The summed E-state index contributed by atoms with van der Waals surface area (Å²) in [6, 6.07) is 4.48. The predicted octanol–water partition coefficient (Wildman–Crippen LogP) is 2.13. The molecule has 5 nitrogen and oxygen atoms in total. The van der Waals surface area contributed by atoms with E-state index in [9.17, 15) is 14.0 Å². The molecule has 2 rings (SSSR count). The summed E-state index contributed by atoms with van der Waals surface area (Å²) in [6.07, 6.45) is 0. The first-order valence-corrected chi connectivity index (χ1v) is 5.95. The quantitative estimate of drug-likeness (QED) is 0.807. The highest BCUT2D eigenvalue weighted by molar-refractivity contribution is 5.99. The van der Waals surface area contributed by atoms with Crippen molar-refractivity contribution in [2.45, 2.75) is 6.92 Å². The van der Waals surface area contributed by atoms with Crippen molar-refractivity contribution in [2.75, 3.05) is 20.7 Å². The van der Waals surface area contributed by atoms with Crippen LogP contribution in [0.2, 0.25) is 0 Å². The second kappa shape index (κ2) is 5.32. The summed E-state index contributed by atoms with van der Waals surface area (Å²) in [7, 11) is 2.69. The van der Waals surface area contributed by atoms with Crippen LogP contribution in [0.5, 0.6) is 0 Å². The average molecular weight is 279 g/mol. The summed E-state index contributed by atoms with van der Waals surface area (Å²) >= 11 is 0. The molecule has 0 aliphatic carbocycles. The Balaban J connectivity index is 2.38. The number of nitrogens with zero attached hydrogens (tertiary/aromatic N) is 1. The molecule has 0 bridgehead atoms. The molecule has 20 heavy (non-hydrogen) atoms. The molecule has 2 aromatic rings. The fourth-order valence-electron chi connectivity index (χ4n) is 1.92. The molecule has 1 amide bonds. The molecule has 0 spiro atoms. The minimum Gasteiger partial charge on any atom is -0.468 e. The normalized spacial score (nSPS) is 10.6. The number of para-hydroxylation sites is 1. The third-order valence-electron chi connectivity index (χ3n) is 3.05. The Morgan fingerprint density at radius 2 is 2.10 bits per heavy atom. The number of hydrogen-bond acceptors (Lipinski definition) is 4. The van der Waals surface area contributed by atoms with E-state index >= 15 is 0 Å². The lowest BCUT2D eigenvalue weighted by Crippen LogP contribution is -2.32. The lowest BCUT2D eigenvalue weighted by Gasteiger charge is -2.14. The van der Waals surface area contributed by atoms with Gasteiger partial charge in [0.15, 0.2) is 17.2 Å². The Morgan fingerprint density at radius 1 is 1.40 bits per heavy atom. The molecule has 0 unspecified atom stereocenters. The molecule has 6 heteroatoms. The zero-order valence-electron chi connectivity index (χ0n) is 11.4. The van der Waals surface area contributed by atoms with E-state index < -0.39 is 17.7 Å². The molecule has 106 valence electrons. The van der Waals surface area contributed by atoms with Gasteiger partial charge in [0, 0.05) is 18.0 Å². The predicted molar refractivity (Wildman–Crippen MR) is 69.9 cm³/mol. The summed E-state index contributed by atoms with van der Waals surface area (Å²) in [5.74, 6) is -1.54. The van der Waals surface area contributed by atoms with Crippen LogP contribution in [0, 0.1) is 12.7 Å². The van der Waals surface area contributed by atoms with E-state index in [1.54, 1.807) is 19.1 Å². The Hall–Kier alpha value is -2.37. The highest BCUT2D eigenvalue weighted by Gasteiger charge is 2.23. The number of carbonyl (C=O) groups excluding carboxylic acids is 2. The third-order valence-corrected chi connectivity index (χ3v) is 3.05. The van der Waals surface area contributed by atoms with Gasteiger partial charge in [-0.3, -0.25) is 9.59 Å². The number of carbonyl (C=O) groups is 2. The molecule has 1 aromatic carbocycles. The van der Waals surface area contributed by atoms with Crippen molar-refractivity contribution < 1.29 is 23.1 Å². The summed E-state index contributed by atoms with van der Waals surface area (Å²) < 4.78 is 23.4. The molecule has 0 atom stereocenters. The number of rotatable bonds is 3. The minimum atomic E-state index is -0.541. The van der Waals surface area contributed by atoms with E-state index in [0.29, 0.717) is 10.9 Å². The van der Waals surface area contributed by atoms with Gasteiger partial charge in [0.05, 0.1) is 7.11 Å². The number of ether oxygens (including phenoxy) is 1. The number of furan rings is 1. The van der Waals surface area contributed by atoms with Crippen molar-refractivity contribution >= 4 is 22.8 Å². The van der Waals surface area contributed by atoms with Crippen LogP contribution in [0.25, 0.3) is 11.0 Å². The number of methoxy groups -OCH3 is 1. The van der Waals surface area contributed by atoms with Crippen LogP contribution in [0.15, 0.2) is 22.6 Å². The zero-order valence-corrected chi connectivity index (χ0v) is 11.4. The highest BCUT2D eigenvalue weighted by Crippen LogP contribution is 2.27. The number of hydrogen-bond donors (Lipinski definition) is 0. The van der Waals surface area contributed by atoms with Crippen molar-refractivity contribution in [3.63, 3.8) is 0 Å². The van der Waals surface area contributed by atoms with Gasteiger partial charge >= 0.3 is 5.97 Å². The van der Waals surface area contributed by atoms with Gasteiger partial charge in [-0.05, 0) is 13.0 Å². The summed E-state index contributed by atoms with van der Waals surface area (Å²) in [4.78, 5) is 24.5. The van der Waals surface area contributed by atoms with E-state index in [1.165, 1.54) is 20.2 Å². The van der Waals surface area contributed by atoms with Gasteiger partial charge in [-0.2, -0.15) is 0 Å². The van der Waals surface area contributed by atoms with Gasteiger partial charge in [0.2, 0.25) is 0 Å². The van der Waals surface area contributed by atoms with Gasteiger partial charge < -0.3 is 14.1 Å². The van der Waals surface area contributed by atoms with Gasteiger partial charge in [-0.1, -0.05) is 12.1 Å². The molecule has 0 aliphatic heterocycles. The van der Waals surface area contributed by atoms with Crippen LogP contribution in [0.3, 0.4) is 0 Å². The van der Waals surface area contributed by atoms with Crippen LogP contribution < -0.4 is 0 Å². The molecule has 0 saturated carbocycles. The van der Waals surface area contributed by atoms with Crippen LogP contribution >= 0.6 is 0 Å². The number of amides is 1. The molecular formula is C14H14FNO4. The first-order chi connectivity index (χ1) is 9.45. The Kier molecular flexibility index (Phi) is 3.74. The summed E-state index contributed by atoms with van der Waals surface area (Å²) in [5, 5.41) is 0.541. The zero-order chi connectivity index (χ0) is 14.9. The number of benzene rings is 1. The average Bonchev–Trinajstić information content (AvgIpc) is 2.77. The van der Waals surface area contributed by atoms with E-state index in [4.69, 9.17) is 4.42 Å². The van der Waals surface area contributed by atoms with Gasteiger partial charge in [0.1, 0.15) is 6.54 Å². The van der Waals surface area contributed by atoms with Crippen LogP contribution in [-0.4, -0.2) is 37.5 Å². The lowest BCUT2D eigenvalue weighted by molar-refractivity contribution is -0.141. The summed E-state index contributed by atoms with van der Waals surface area (Å²) in [5.41, 5.74) is 0.584. The Bertz CT molecular complexity index is 677.